The molecule has 4 aromatic rings. The first-order chi connectivity index (χ1) is 13.5. The van der Waals surface area contributed by atoms with E-state index in [0.717, 1.165) is 27.7 Å². The van der Waals surface area contributed by atoms with Gasteiger partial charge >= 0.3 is 5.97 Å². The number of methoxy groups -OCH3 is 1. The Hall–Kier alpha value is -3.36. The molecule has 2 heterocycles. The Bertz CT molecular complexity index is 1270. The summed E-state index contributed by atoms with van der Waals surface area (Å²) in [6, 6.07) is 17.1. The first kappa shape index (κ1) is 18.0. The van der Waals surface area contributed by atoms with E-state index in [2.05, 4.69) is 11.1 Å². The molecule has 0 N–H and O–H groups in total. The number of fused-ring (bicyclic) bond motifs is 3. The van der Waals surface area contributed by atoms with Gasteiger partial charge in [-0.15, -0.1) is 0 Å². The molecule has 138 valence electrons. The molecule has 0 spiro atoms. The van der Waals surface area contributed by atoms with Crippen molar-refractivity contribution >= 4 is 34.3 Å². The lowest BCUT2D eigenvalue weighted by Gasteiger charge is -2.13. The molecule has 0 saturated heterocycles. The molecule has 0 unspecified atom stereocenters. The molecule has 0 aliphatic heterocycles. The highest BCUT2D eigenvalue weighted by atomic mass is 35.5. The van der Waals surface area contributed by atoms with Gasteiger partial charge in [0, 0.05) is 6.42 Å². The average molecular weight is 390 g/mol. The number of ether oxygens (including phenoxy) is 1. The summed E-state index contributed by atoms with van der Waals surface area (Å²) in [5.74, 6) is -0.376. The van der Waals surface area contributed by atoms with Gasteiger partial charge in [0.25, 0.3) is 0 Å². The number of aromatic nitrogens is 2. The Balaban J connectivity index is 1.88. The summed E-state index contributed by atoms with van der Waals surface area (Å²) in [6.07, 6.45) is 0.531. The third-order valence-corrected chi connectivity index (χ3v) is 5.32. The minimum atomic E-state index is -0.376. The number of esters is 1. The van der Waals surface area contributed by atoms with Crippen LogP contribution in [0.3, 0.4) is 0 Å². The molecular weight excluding hydrogens is 374 g/mol. The first-order valence-electron chi connectivity index (χ1n) is 8.70. The minimum Gasteiger partial charge on any atom is -0.465 e. The Morgan fingerprint density at radius 1 is 1.21 bits per heavy atom. The number of hydrogen-bond acceptors (Lipinski definition) is 4. The molecule has 0 saturated carbocycles. The third kappa shape index (κ3) is 2.79. The molecule has 2 aromatic heterocycles. The zero-order valence-electron chi connectivity index (χ0n) is 15.4. The SMILES string of the molecule is COC(=O)c1ccc(Cc2c(C)c(C#N)c3nc4ccccc4n3c2Cl)cc1. The van der Waals surface area contributed by atoms with Crippen molar-refractivity contribution in [3.05, 3.63) is 81.5 Å². The topological polar surface area (TPSA) is 67.4 Å². The molecule has 0 aliphatic carbocycles. The largest absolute Gasteiger partial charge is 0.465 e. The van der Waals surface area contributed by atoms with Gasteiger partial charge in [0.15, 0.2) is 5.65 Å². The van der Waals surface area contributed by atoms with Crippen LogP contribution in [-0.4, -0.2) is 22.5 Å². The molecule has 0 aliphatic rings. The summed E-state index contributed by atoms with van der Waals surface area (Å²) in [7, 11) is 1.35. The molecule has 5 nitrogen and oxygen atoms in total. The lowest BCUT2D eigenvalue weighted by atomic mass is 9.98. The van der Waals surface area contributed by atoms with Crippen LogP contribution in [0.25, 0.3) is 16.7 Å². The number of nitriles is 1. The monoisotopic (exact) mass is 389 g/mol. The Kier molecular flexibility index (Phi) is 4.50. The minimum absolute atomic E-state index is 0.376. The van der Waals surface area contributed by atoms with Gasteiger partial charge in [-0.05, 0) is 47.9 Å². The fraction of sp³-hybridized carbons (Fsp3) is 0.136. The molecule has 6 heteroatoms. The van der Waals surface area contributed by atoms with Gasteiger partial charge in [0.1, 0.15) is 11.2 Å². The van der Waals surface area contributed by atoms with Crippen molar-refractivity contribution in [3.63, 3.8) is 0 Å². The Morgan fingerprint density at radius 2 is 1.93 bits per heavy atom. The summed E-state index contributed by atoms with van der Waals surface area (Å²) in [6.45, 7) is 1.89. The van der Waals surface area contributed by atoms with E-state index in [4.69, 9.17) is 16.3 Å². The molecule has 0 atom stereocenters. The molecule has 28 heavy (non-hydrogen) atoms. The molecular formula is C22H16ClN3O2. The lowest BCUT2D eigenvalue weighted by molar-refractivity contribution is 0.0600. The summed E-state index contributed by atoms with van der Waals surface area (Å²) in [5.41, 5.74) is 5.87. The van der Waals surface area contributed by atoms with E-state index in [0.29, 0.717) is 28.3 Å². The molecule has 0 amide bonds. The van der Waals surface area contributed by atoms with Gasteiger partial charge in [-0.25, -0.2) is 9.78 Å². The van der Waals surface area contributed by atoms with Crippen LogP contribution in [0.15, 0.2) is 48.5 Å². The van der Waals surface area contributed by atoms with Gasteiger partial charge in [0.2, 0.25) is 0 Å². The van der Waals surface area contributed by atoms with Crippen LogP contribution in [0.1, 0.15) is 32.6 Å². The number of hydrogen-bond donors (Lipinski definition) is 0. The van der Waals surface area contributed by atoms with E-state index >= 15 is 0 Å². The number of carbonyl (C=O) groups is 1. The standard InChI is InChI=1S/C22H16ClN3O2/c1-13-16(11-14-7-9-15(10-8-14)22(27)28-2)20(23)26-19-6-4-3-5-18(19)25-21(26)17(13)12-24/h3-10H,11H2,1-2H3. The fourth-order valence-corrected chi connectivity index (χ4v) is 3.80. The van der Waals surface area contributed by atoms with Crippen LogP contribution in [0.4, 0.5) is 0 Å². The quantitative estimate of drug-likeness (QED) is 0.376. The maximum atomic E-state index is 11.6. The first-order valence-corrected chi connectivity index (χ1v) is 9.08. The zero-order valence-corrected chi connectivity index (χ0v) is 16.1. The van der Waals surface area contributed by atoms with E-state index in [-0.39, 0.29) is 5.97 Å². The third-order valence-electron chi connectivity index (χ3n) is 4.93. The zero-order chi connectivity index (χ0) is 19.8. The van der Waals surface area contributed by atoms with Gasteiger partial charge in [-0.2, -0.15) is 5.26 Å². The highest BCUT2D eigenvalue weighted by Gasteiger charge is 2.19. The van der Waals surface area contributed by atoms with Gasteiger partial charge in [-0.3, -0.25) is 4.40 Å². The van der Waals surface area contributed by atoms with Gasteiger partial charge in [0.05, 0.1) is 29.3 Å². The normalized spacial score (nSPS) is 10.9. The Morgan fingerprint density at radius 3 is 2.61 bits per heavy atom. The summed E-state index contributed by atoms with van der Waals surface area (Å²) in [5, 5.41) is 10.3. The predicted molar refractivity (Wildman–Crippen MR) is 108 cm³/mol. The van der Waals surface area contributed by atoms with E-state index in [1.807, 2.05) is 47.7 Å². The second-order valence-electron chi connectivity index (χ2n) is 6.51. The second-order valence-corrected chi connectivity index (χ2v) is 6.86. The number of pyridine rings is 1. The van der Waals surface area contributed by atoms with Crippen LogP contribution in [0.5, 0.6) is 0 Å². The van der Waals surface area contributed by atoms with Crippen LogP contribution in [-0.2, 0) is 11.2 Å². The number of halogens is 1. The number of benzene rings is 2. The van der Waals surface area contributed by atoms with Crippen LogP contribution in [0, 0.1) is 18.3 Å². The Labute approximate surface area is 166 Å². The van der Waals surface area contributed by atoms with E-state index in [9.17, 15) is 10.1 Å². The van der Waals surface area contributed by atoms with Crippen molar-refractivity contribution in [2.24, 2.45) is 0 Å². The van der Waals surface area contributed by atoms with Crippen molar-refractivity contribution in [1.29, 1.82) is 5.26 Å². The average Bonchev–Trinajstić information content (AvgIpc) is 3.10. The fourth-order valence-electron chi connectivity index (χ4n) is 3.42. The summed E-state index contributed by atoms with van der Waals surface area (Å²) >= 11 is 6.79. The predicted octanol–water partition coefficient (Wildman–Crippen LogP) is 4.70. The van der Waals surface area contributed by atoms with Gasteiger partial charge < -0.3 is 4.74 Å². The molecule has 0 fully saturated rings. The number of imidazole rings is 1. The van der Waals surface area contributed by atoms with Crippen molar-refractivity contribution in [1.82, 2.24) is 9.38 Å². The molecule has 0 bridgehead atoms. The van der Waals surface area contributed by atoms with Crippen LogP contribution in [0.2, 0.25) is 5.15 Å². The number of para-hydroxylation sites is 2. The maximum absolute atomic E-state index is 11.6. The second kappa shape index (κ2) is 6.99. The van der Waals surface area contributed by atoms with E-state index in [1.54, 1.807) is 12.1 Å². The lowest BCUT2D eigenvalue weighted by Crippen LogP contribution is -2.04. The van der Waals surface area contributed by atoms with Crippen LogP contribution >= 0.6 is 11.6 Å². The van der Waals surface area contributed by atoms with Crippen molar-refractivity contribution in [3.8, 4) is 6.07 Å². The highest BCUT2D eigenvalue weighted by Crippen LogP contribution is 2.32. The maximum Gasteiger partial charge on any atom is 0.337 e. The number of nitrogens with zero attached hydrogens (tertiary/aromatic N) is 3. The van der Waals surface area contributed by atoms with E-state index in [1.165, 1.54) is 7.11 Å². The molecule has 0 radical (unpaired) electrons. The molecule has 4 rings (SSSR count). The van der Waals surface area contributed by atoms with Crippen molar-refractivity contribution in [2.75, 3.05) is 7.11 Å². The van der Waals surface area contributed by atoms with Gasteiger partial charge in [-0.1, -0.05) is 35.9 Å². The number of rotatable bonds is 3. The van der Waals surface area contributed by atoms with Crippen LogP contribution < -0.4 is 0 Å². The summed E-state index contributed by atoms with van der Waals surface area (Å²) < 4.78 is 6.57. The molecule has 2 aromatic carbocycles. The summed E-state index contributed by atoms with van der Waals surface area (Å²) in [4.78, 5) is 16.2. The van der Waals surface area contributed by atoms with Crippen molar-refractivity contribution in [2.45, 2.75) is 13.3 Å². The number of carbonyl (C=O) groups excluding carboxylic acids is 1. The smallest absolute Gasteiger partial charge is 0.337 e. The van der Waals surface area contributed by atoms with Crippen molar-refractivity contribution < 1.29 is 9.53 Å². The van der Waals surface area contributed by atoms with E-state index < -0.39 is 0 Å². The highest BCUT2D eigenvalue weighted by molar-refractivity contribution is 6.31.